The van der Waals surface area contributed by atoms with Gasteiger partial charge in [-0.2, -0.15) is 0 Å². The molecule has 5 nitrogen and oxygen atoms in total. The topological polar surface area (TPSA) is 54.5 Å². The molecule has 1 saturated heterocycles. The van der Waals surface area contributed by atoms with Crippen LogP contribution in [0.15, 0.2) is 12.1 Å². The highest BCUT2D eigenvalue weighted by atomic mass is 35.5. The largest absolute Gasteiger partial charge is 0.494 e. The Balaban J connectivity index is 1.42. The van der Waals surface area contributed by atoms with E-state index in [2.05, 4.69) is 22.1 Å². The number of hydrogen-bond acceptors (Lipinski definition) is 5. The van der Waals surface area contributed by atoms with Crippen molar-refractivity contribution < 1.29 is 9.53 Å². The van der Waals surface area contributed by atoms with E-state index in [-0.39, 0.29) is 5.91 Å². The van der Waals surface area contributed by atoms with Crippen LogP contribution in [0.25, 0.3) is 0 Å². The summed E-state index contributed by atoms with van der Waals surface area (Å²) in [5.74, 6) is 1.60. The van der Waals surface area contributed by atoms with Crippen LogP contribution in [0.2, 0.25) is 5.02 Å². The molecule has 1 aliphatic rings. The van der Waals surface area contributed by atoms with Crippen LogP contribution in [0.1, 0.15) is 54.3 Å². The van der Waals surface area contributed by atoms with E-state index in [1.807, 2.05) is 32.9 Å². The smallest absolute Gasteiger partial charge is 0.226 e. The number of thiazole rings is 1. The predicted molar refractivity (Wildman–Crippen MR) is 125 cm³/mol. The molecule has 0 radical (unpaired) electrons. The summed E-state index contributed by atoms with van der Waals surface area (Å²) < 4.78 is 5.78. The number of aryl methyl sites for hydroxylation is 3. The first-order valence-electron chi connectivity index (χ1n) is 10.7. The third-order valence-electron chi connectivity index (χ3n) is 5.61. The second-order valence-electron chi connectivity index (χ2n) is 8.36. The third kappa shape index (κ3) is 6.43. The van der Waals surface area contributed by atoms with Crippen LogP contribution in [-0.4, -0.2) is 35.5 Å². The first-order chi connectivity index (χ1) is 14.3. The molecule has 1 N–H and O–H groups in total. The fourth-order valence-corrected chi connectivity index (χ4v) is 4.78. The number of likely N-dealkylation sites (tertiary alicyclic amines) is 1. The number of nitrogens with zero attached hydrogens (tertiary/aromatic N) is 2. The van der Waals surface area contributed by atoms with Crippen molar-refractivity contribution in [1.29, 1.82) is 0 Å². The maximum absolute atomic E-state index is 12.3. The van der Waals surface area contributed by atoms with E-state index in [1.54, 1.807) is 11.3 Å². The summed E-state index contributed by atoms with van der Waals surface area (Å²) in [6.07, 6.45) is 3.58. The number of benzene rings is 1. The van der Waals surface area contributed by atoms with Gasteiger partial charge in [-0.25, -0.2) is 4.98 Å². The van der Waals surface area contributed by atoms with E-state index in [0.29, 0.717) is 24.6 Å². The number of carbonyl (C=O) groups excluding carboxylic acids is 1. The fraction of sp³-hybridized carbons (Fsp3) is 0.565. The summed E-state index contributed by atoms with van der Waals surface area (Å²) in [6.45, 7) is 12.0. The minimum absolute atomic E-state index is 0.0193. The van der Waals surface area contributed by atoms with Gasteiger partial charge < -0.3 is 10.1 Å². The predicted octanol–water partition coefficient (Wildman–Crippen LogP) is 5.75. The van der Waals surface area contributed by atoms with Crippen molar-refractivity contribution in [3.8, 4) is 5.75 Å². The molecule has 2 aromatic rings. The van der Waals surface area contributed by atoms with Crippen LogP contribution in [0.3, 0.4) is 0 Å². The standard InChI is InChI=1S/C23H32ClN3O2S/c1-15-7-9-27(10-8-15)14-20-18(4)25-23(30-20)26-21(28)6-5-11-29-19-12-16(2)22(24)17(3)13-19/h12-13,15H,5-11,14H2,1-4H3,(H,25,26,28). The summed E-state index contributed by atoms with van der Waals surface area (Å²) >= 11 is 7.78. The van der Waals surface area contributed by atoms with Crippen molar-refractivity contribution in [2.45, 2.75) is 59.9 Å². The third-order valence-corrected chi connectivity index (χ3v) is 7.26. The van der Waals surface area contributed by atoms with Gasteiger partial charge >= 0.3 is 0 Å². The van der Waals surface area contributed by atoms with E-state index in [0.717, 1.165) is 53.1 Å². The van der Waals surface area contributed by atoms with Gasteiger partial charge in [0.15, 0.2) is 5.13 Å². The lowest BCUT2D eigenvalue weighted by Gasteiger charge is -2.29. The molecule has 7 heteroatoms. The van der Waals surface area contributed by atoms with Gasteiger partial charge in [-0.3, -0.25) is 9.69 Å². The Bertz CT molecular complexity index is 852. The lowest BCUT2D eigenvalue weighted by atomic mass is 9.99. The van der Waals surface area contributed by atoms with Gasteiger partial charge in [0.25, 0.3) is 0 Å². The number of carbonyl (C=O) groups is 1. The van der Waals surface area contributed by atoms with Crippen LogP contribution >= 0.6 is 22.9 Å². The van der Waals surface area contributed by atoms with Crippen LogP contribution in [0.4, 0.5) is 5.13 Å². The van der Waals surface area contributed by atoms with Crippen LogP contribution in [-0.2, 0) is 11.3 Å². The van der Waals surface area contributed by atoms with E-state index in [4.69, 9.17) is 16.3 Å². The molecule has 0 atom stereocenters. The Morgan fingerprint density at radius 3 is 2.60 bits per heavy atom. The minimum atomic E-state index is -0.0193. The Morgan fingerprint density at radius 1 is 1.27 bits per heavy atom. The van der Waals surface area contributed by atoms with Crippen molar-refractivity contribution in [2.24, 2.45) is 5.92 Å². The molecular formula is C23H32ClN3O2S. The number of piperidine rings is 1. The van der Waals surface area contributed by atoms with E-state index in [9.17, 15) is 4.79 Å². The van der Waals surface area contributed by atoms with Crippen LogP contribution < -0.4 is 10.1 Å². The summed E-state index contributed by atoms with van der Waals surface area (Å²) in [7, 11) is 0. The number of ether oxygens (including phenoxy) is 1. The SMILES string of the molecule is Cc1cc(OCCCC(=O)Nc2nc(C)c(CN3CCC(C)CC3)s2)cc(C)c1Cl. The number of rotatable bonds is 8. The highest BCUT2D eigenvalue weighted by molar-refractivity contribution is 7.15. The second-order valence-corrected chi connectivity index (χ2v) is 9.82. The number of halogens is 1. The number of amides is 1. The molecule has 0 saturated carbocycles. The molecular weight excluding hydrogens is 418 g/mol. The molecule has 0 aliphatic carbocycles. The first kappa shape index (κ1) is 23.0. The highest BCUT2D eigenvalue weighted by Crippen LogP contribution is 2.27. The van der Waals surface area contributed by atoms with Crippen LogP contribution in [0, 0.1) is 26.7 Å². The number of nitrogens with one attached hydrogen (secondary N) is 1. The summed E-state index contributed by atoms with van der Waals surface area (Å²) in [4.78, 5) is 20.6. The summed E-state index contributed by atoms with van der Waals surface area (Å²) in [5.41, 5.74) is 3.02. The van der Waals surface area contributed by atoms with Gasteiger partial charge in [0.1, 0.15) is 5.75 Å². The van der Waals surface area contributed by atoms with Gasteiger partial charge in [0.2, 0.25) is 5.91 Å². The van der Waals surface area contributed by atoms with Gasteiger partial charge in [-0.15, -0.1) is 11.3 Å². The molecule has 0 bridgehead atoms. The lowest BCUT2D eigenvalue weighted by Crippen LogP contribution is -2.32. The zero-order chi connectivity index (χ0) is 21.7. The van der Waals surface area contributed by atoms with Crippen molar-refractivity contribution in [2.75, 3.05) is 25.0 Å². The van der Waals surface area contributed by atoms with Crippen molar-refractivity contribution >= 4 is 34.0 Å². The van der Waals surface area contributed by atoms with Crippen molar-refractivity contribution in [1.82, 2.24) is 9.88 Å². The maximum atomic E-state index is 12.3. The molecule has 1 aromatic heterocycles. The zero-order valence-electron chi connectivity index (χ0n) is 18.4. The first-order valence-corrected chi connectivity index (χ1v) is 11.9. The Hall–Kier alpha value is -1.63. The monoisotopic (exact) mass is 449 g/mol. The quantitative estimate of drug-likeness (QED) is 0.521. The molecule has 0 unspecified atom stereocenters. The van der Waals surface area contributed by atoms with Crippen molar-refractivity contribution in [3.05, 3.63) is 38.9 Å². The number of aromatic nitrogens is 1. The maximum Gasteiger partial charge on any atom is 0.226 e. The average molecular weight is 450 g/mol. The Morgan fingerprint density at radius 2 is 1.93 bits per heavy atom. The van der Waals surface area contributed by atoms with E-state index >= 15 is 0 Å². The van der Waals surface area contributed by atoms with Gasteiger partial charge in [-0.05, 0) is 82.3 Å². The number of anilines is 1. The molecule has 1 aliphatic heterocycles. The summed E-state index contributed by atoms with van der Waals surface area (Å²) in [6, 6.07) is 3.86. The lowest BCUT2D eigenvalue weighted by molar-refractivity contribution is -0.116. The van der Waals surface area contributed by atoms with Gasteiger partial charge in [-0.1, -0.05) is 18.5 Å². The van der Waals surface area contributed by atoms with Crippen LogP contribution in [0.5, 0.6) is 5.75 Å². The van der Waals surface area contributed by atoms with Crippen molar-refractivity contribution in [3.63, 3.8) is 0 Å². The molecule has 1 aromatic carbocycles. The van der Waals surface area contributed by atoms with Gasteiger partial charge in [0.05, 0.1) is 12.3 Å². The average Bonchev–Trinajstić information content (AvgIpc) is 3.03. The van der Waals surface area contributed by atoms with Gasteiger partial charge in [0, 0.05) is 22.9 Å². The molecule has 30 heavy (non-hydrogen) atoms. The second kappa shape index (κ2) is 10.6. The molecule has 3 rings (SSSR count). The normalized spacial score (nSPS) is 15.4. The molecule has 0 spiro atoms. The van der Waals surface area contributed by atoms with E-state index in [1.165, 1.54) is 17.7 Å². The summed E-state index contributed by atoms with van der Waals surface area (Å²) in [5, 5.41) is 4.42. The molecule has 1 fully saturated rings. The van der Waals surface area contributed by atoms with E-state index < -0.39 is 0 Å². The molecule has 1 amide bonds. The highest BCUT2D eigenvalue weighted by Gasteiger charge is 2.18. The molecule has 164 valence electrons. The minimum Gasteiger partial charge on any atom is -0.494 e. The Labute approximate surface area is 188 Å². The fourth-order valence-electron chi connectivity index (χ4n) is 3.65. The molecule has 2 heterocycles. The zero-order valence-corrected chi connectivity index (χ0v) is 20.0. The Kier molecular flexibility index (Phi) is 8.14. The number of hydrogen-bond donors (Lipinski definition) is 1.